The minimum atomic E-state index is -2.02. The van der Waals surface area contributed by atoms with Crippen LogP contribution in [0.2, 0.25) is 0 Å². The van der Waals surface area contributed by atoms with Gasteiger partial charge >= 0.3 is 17.9 Å². The number of fused-ring (bicyclic) bond motifs is 4. The molecule has 4 aliphatic rings. The van der Waals surface area contributed by atoms with Crippen molar-refractivity contribution in [3.05, 3.63) is 35.6 Å². The molecule has 1 aromatic rings. The summed E-state index contributed by atoms with van der Waals surface area (Å²) in [6.07, 6.45) is -1.90. The minimum absolute atomic E-state index is 0.0203. The average molecular weight is 462 g/mol. The van der Waals surface area contributed by atoms with Gasteiger partial charge in [0.05, 0.1) is 11.0 Å². The molecule has 0 unspecified atom stereocenters. The van der Waals surface area contributed by atoms with Crippen LogP contribution in [0.4, 0.5) is 4.39 Å². The molecule has 2 heterocycles. The summed E-state index contributed by atoms with van der Waals surface area (Å²) < 4.78 is 29.8. The Balaban J connectivity index is 1.51. The summed E-state index contributed by atoms with van der Waals surface area (Å²) in [7, 11) is 0. The van der Waals surface area contributed by atoms with E-state index in [0.29, 0.717) is 12.0 Å². The Morgan fingerprint density at radius 3 is 2.67 bits per heavy atom. The largest absolute Gasteiger partial charge is 0.462 e. The number of aliphatic hydroxyl groups is 2. The normalized spacial score (nSPS) is 43.4. The molecule has 2 aliphatic heterocycles. The predicted molar refractivity (Wildman–Crippen MR) is 109 cm³/mol. The number of carbonyl (C=O) groups is 3. The van der Waals surface area contributed by atoms with Gasteiger partial charge in [0.1, 0.15) is 12.4 Å². The second-order valence-electron chi connectivity index (χ2n) is 10.1. The highest BCUT2D eigenvalue weighted by Gasteiger charge is 2.87. The van der Waals surface area contributed by atoms with Crippen molar-refractivity contribution in [1.82, 2.24) is 0 Å². The van der Waals surface area contributed by atoms with Crippen LogP contribution in [-0.2, 0) is 35.0 Å². The summed E-state index contributed by atoms with van der Waals surface area (Å²) in [5.41, 5.74) is -5.68. The summed E-state index contributed by atoms with van der Waals surface area (Å²) in [6.45, 7) is 3.23. The summed E-state index contributed by atoms with van der Waals surface area (Å²) in [5, 5.41) is 23.0. The van der Waals surface area contributed by atoms with Crippen LogP contribution >= 0.6 is 0 Å². The number of hydrogen-bond donors (Lipinski definition) is 2. The van der Waals surface area contributed by atoms with Crippen molar-refractivity contribution >= 4 is 17.9 Å². The van der Waals surface area contributed by atoms with E-state index in [0.717, 1.165) is 0 Å². The first kappa shape index (κ1) is 22.3. The number of halogens is 1. The molecule has 178 valence electrons. The fraction of sp³-hybridized carbons (Fsp3) is 0.625. The van der Waals surface area contributed by atoms with Gasteiger partial charge in [-0.2, -0.15) is 0 Å². The third-order valence-corrected chi connectivity index (χ3v) is 8.87. The van der Waals surface area contributed by atoms with E-state index in [1.54, 1.807) is 19.1 Å². The van der Waals surface area contributed by atoms with Gasteiger partial charge < -0.3 is 24.4 Å². The molecule has 2 N–H and O–H groups in total. The van der Waals surface area contributed by atoms with Crippen molar-refractivity contribution in [2.45, 2.75) is 69.4 Å². The van der Waals surface area contributed by atoms with Crippen LogP contribution in [0.1, 0.15) is 45.1 Å². The average Bonchev–Trinajstić information content (AvgIpc) is 3.20. The van der Waals surface area contributed by atoms with Gasteiger partial charge in [-0.25, -0.2) is 14.0 Å². The summed E-state index contributed by atoms with van der Waals surface area (Å²) >= 11 is 0. The number of rotatable bonds is 4. The van der Waals surface area contributed by atoms with Crippen LogP contribution in [0, 0.1) is 22.6 Å². The number of carbonyl (C=O) groups excluding carboxylic acids is 3. The highest BCUT2D eigenvalue weighted by Crippen LogP contribution is 2.72. The topological polar surface area (TPSA) is 119 Å². The molecule has 4 fully saturated rings. The van der Waals surface area contributed by atoms with E-state index in [1.807, 2.05) is 6.92 Å². The van der Waals surface area contributed by atoms with Gasteiger partial charge in [-0.15, -0.1) is 0 Å². The first-order valence-electron chi connectivity index (χ1n) is 11.3. The van der Waals surface area contributed by atoms with Crippen LogP contribution in [0.5, 0.6) is 0 Å². The molecule has 1 spiro atoms. The number of aliphatic hydroxyl groups excluding tert-OH is 1. The monoisotopic (exact) mass is 462 g/mol. The fourth-order valence-corrected chi connectivity index (χ4v) is 6.99. The number of ether oxygens (including phenoxy) is 3. The lowest BCUT2D eigenvalue weighted by Gasteiger charge is -2.64. The van der Waals surface area contributed by atoms with Crippen LogP contribution < -0.4 is 0 Å². The third-order valence-electron chi connectivity index (χ3n) is 8.87. The maximum absolute atomic E-state index is 13.2. The smallest absolute Gasteiger partial charge is 0.355 e. The van der Waals surface area contributed by atoms with Crippen molar-refractivity contribution in [1.29, 1.82) is 0 Å². The molecule has 7 atom stereocenters. The Hall–Kier alpha value is -2.52. The minimum Gasteiger partial charge on any atom is -0.462 e. The van der Waals surface area contributed by atoms with Crippen molar-refractivity contribution in [3.63, 3.8) is 0 Å². The van der Waals surface area contributed by atoms with Gasteiger partial charge in [-0.3, -0.25) is 4.79 Å². The molecular weight excluding hydrogens is 435 g/mol. The van der Waals surface area contributed by atoms with Crippen LogP contribution in [0.3, 0.4) is 0 Å². The van der Waals surface area contributed by atoms with E-state index in [9.17, 15) is 29.0 Å². The Morgan fingerprint density at radius 2 is 1.97 bits per heavy atom. The standard InChI is InChI=1S/C24H27FO8/c1-13-9-10-23(30)21(2)12-31-20(29)24(21,16-11-22(13,23)18(27)19(28)32-16)33-17(26)8-5-14-3-6-15(25)7-4-14/h3-4,6-7,13,16,18,27,30H,5,8-12H2,1-2H3/t13-,16-,18+,21+,22+,23+,24-/m1/s1. The zero-order valence-corrected chi connectivity index (χ0v) is 18.5. The van der Waals surface area contributed by atoms with E-state index in [-0.39, 0.29) is 38.2 Å². The maximum atomic E-state index is 13.2. The van der Waals surface area contributed by atoms with Crippen molar-refractivity contribution in [2.75, 3.05) is 6.61 Å². The Kier molecular flexibility index (Phi) is 4.72. The van der Waals surface area contributed by atoms with E-state index < -0.39 is 58.0 Å². The molecule has 2 saturated heterocycles. The Bertz CT molecular complexity index is 1030. The molecule has 5 rings (SSSR count). The zero-order valence-electron chi connectivity index (χ0n) is 18.5. The first-order chi connectivity index (χ1) is 15.5. The maximum Gasteiger partial charge on any atom is 0.355 e. The molecule has 0 radical (unpaired) electrons. The van der Waals surface area contributed by atoms with E-state index in [2.05, 4.69) is 0 Å². The summed E-state index contributed by atoms with van der Waals surface area (Å²) in [4.78, 5) is 38.8. The SMILES string of the molecule is C[C@@H]1CC[C@@]2(O)[C@@]13C[C@@H](OC(=O)[C@@H]3O)[C@@]1(OC(=O)CCc3ccc(F)cc3)C(=O)OC[C@@]21C. The predicted octanol–water partition coefficient (Wildman–Crippen LogP) is 1.44. The molecule has 0 amide bonds. The van der Waals surface area contributed by atoms with Gasteiger partial charge in [-0.05, 0) is 49.8 Å². The number of benzene rings is 1. The molecule has 0 aromatic heterocycles. The van der Waals surface area contributed by atoms with Crippen molar-refractivity contribution in [2.24, 2.45) is 16.7 Å². The van der Waals surface area contributed by atoms with E-state index in [4.69, 9.17) is 14.2 Å². The lowest BCUT2D eigenvalue weighted by Crippen LogP contribution is -2.81. The highest BCUT2D eigenvalue weighted by atomic mass is 19.1. The van der Waals surface area contributed by atoms with Crippen LogP contribution in [-0.4, -0.2) is 58.1 Å². The van der Waals surface area contributed by atoms with Crippen LogP contribution in [0.15, 0.2) is 24.3 Å². The van der Waals surface area contributed by atoms with Gasteiger partial charge in [-0.1, -0.05) is 19.1 Å². The molecular formula is C24H27FO8. The molecule has 2 saturated carbocycles. The van der Waals surface area contributed by atoms with Crippen molar-refractivity contribution in [3.8, 4) is 0 Å². The second kappa shape index (κ2) is 6.99. The third kappa shape index (κ3) is 2.55. The van der Waals surface area contributed by atoms with E-state index >= 15 is 0 Å². The Labute approximate surface area is 190 Å². The quantitative estimate of drug-likeness (QED) is 0.510. The highest BCUT2D eigenvalue weighted by molar-refractivity contribution is 5.90. The lowest BCUT2D eigenvalue weighted by atomic mass is 9.44. The zero-order chi connectivity index (χ0) is 23.8. The molecule has 2 bridgehead atoms. The summed E-state index contributed by atoms with van der Waals surface area (Å²) in [6, 6.07) is 5.68. The van der Waals surface area contributed by atoms with Crippen molar-refractivity contribution < 1.29 is 43.2 Å². The molecule has 8 nitrogen and oxygen atoms in total. The second-order valence-corrected chi connectivity index (χ2v) is 10.1. The van der Waals surface area contributed by atoms with Gasteiger partial charge in [0.15, 0.2) is 12.2 Å². The molecule has 1 aromatic carbocycles. The Morgan fingerprint density at radius 1 is 1.27 bits per heavy atom. The molecule has 9 heteroatoms. The van der Waals surface area contributed by atoms with Crippen LogP contribution in [0.25, 0.3) is 0 Å². The number of aryl methyl sites for hydroxylation is 1. The summed E-state index contributed by atoms with van der Waals surface area (Å²) in [5.74, 6) is -3.16. The molecule has 2 aliphatic carbocycles. The van der Waals surface area contributed by atoms with Gasteiger partial charge in [0.25, 0.3) is 5.60 Å². The number of esters is 3. The van der Waals surface area contributed by atoms with E-state index in [1.165, 1.54) is 12.1 Å². The number of hydrogen-bond acceptors (Lipinski definition) is 8. The first-order valence-corrected chi connectivity index (χ1v) is 11.3. The molecule has 33 heavy (non-hydrogen) atoms. The fourth-order valence-electron chi connectivity index (χ4n) is 6.99. The van der Waals surface area contributed by atoms with Gasteiger partial charge in [0.2, 0.25) is 0 Å². The lowest BCUT2D eigenvalue weighted by molar-refractivity contribution is -0.322. The number of cyclic esters (lactones) is 1. The van der Waals surface area contributed by atoms with Gasteiger partial charge in [0, 0.05) is 18.3 Å².